The predicted octanol–water partition coefficient (Wildman–Crippen LogP) is 16.1. The molecule has 0 bridgehead atoms. The summed E-state index contributed by atoms with van der Waals surface area (Å²) in [5.74, 6) is 0.467. The summed E-state index contributed by atoms with van der Waals surface area (Å²) in [5, 5.41) is 4.86. The van der Waals surface area contributed by atoms with E-state index in [0.29, 0.717) is 19.9 Å². The number of amidine groups is 1. The van der Waals surface area contributed by atoms with Crippen molar-refractivity contribution in [1.29, 1.82) is 0 Å². The first kappa shape index (κ1) is 43.0. The number of hydrogen-bond acceptors (Lipinski definition) is 1. The van der Waals surface area contributed by atoms with Gasteiger partial charge < -0.3 is 14.9 Å². The van der Waals surface area contributed by atoms with Crippen LogP contribution in [0.1, 0.15) is 41.7 Å². The summed E-state index contributed by atoms with van der Waals surface area (Å²) < 4.78 is 4.79. The van der Waals surface area contributed by atoms with Gasteiger partial charge in [0.1, 0.15) is 5.84 Å². The second kappa shape index (κ2) is 17.6. The van der Waals surface area contributed by atoms with Gasteiger partial charge in [-0.15, -0.1) is 8.93 Å². The first-order chi connectivity index (χ1) is 33.8. The first-order valence-corrected chi connectivity index (χ1v) is 27.2. The van der Waals surface area contributed by atoms with Crippen LogP contribution in [-0.4, -0.2) is 27.3 Å². The molecule has 1 fully saturated rings. The second-order valence-electron chi connectivity index (χ2n) is 18.8. The molecule has 9 aromatic carbocycles. The van der Waals surface area contributed by atoms with Crippen LogP contribution < -0.4 is 5.73 Å². The van der Waals surface area contributed by atoms with Crippen LogP contribution in [0.15, 0.2) is 223 Å². The molecule has 1 atom stereocenters. The van der Waals surface area contributed by atoms with Crippen molar-refractivity contribution in [2.24, 2.45) is 10.7 Å². The third-order valence-corrected chi connectivity index (χ3v) is 16.6. The fourth-order valence-electron chi connectivity index (χ4n) is 10.4. The SMILES string of the molecule is CC1(C)c2ccccc2-c2ccc(-c3ccc(C/C=C(\N=C(N)c4ccccc4)c4cc(-n5c6ccccc6c6ccccc65)cc(-n5c6ccccc6c6ccccc65)c4)cc3)cc21.PP1CC1. The lowest BCUT2D eigenvalue weighted by molar-refractivity contribution is 0.660. The van der Waals surface area contributed by atoms with Crippen LogP contribution in [0.4, 0.5) is 0 Å². The minimum absolute atomic E-state index is 0.0501. The van der Waals surface area contributed by atoms with Crippen LogP contribution in [0.25, 0.3) is 82.9 Å². The maximum Gasteiger partial charge on any atom is 0.131 e. The summed E-state index contributed by atoms with van der Waals surface area (Å²) >= 11 is 0. The Morgan fingerprint density at radius 2 is 0.986 bits per heavy atom. The van der Waals surface area contributed by atoms with E-state index < -0.39 is 0 Å². The Kier molecular flexibility index (Phi) is 11.0. The summed E-state index contributed by atoms with van der Waals surface area (Å²) in [6.45, 7) is 4.68. The quantitative estimate of drug-likeness (QED) is 0.0921. The van der Waals surface area contributed by atoms with Gasteiger partial charge in [-0.1, -0.05) is 191 Å². The van der Waals surface area contributed by atoms with E-state index >= 15 is 0 Å². The molecule has 334 valence electrons. The molecule has 1 saturated heterocycles. The molecule has 1 unspecified atom stereocenters. The molecule has 2 N–H and O–H groups in total. The number of aliphatic imine (C=N–C) groups is 1. The molecule has 0 amide bonds. The Morgan fingerprint density at radius 1 is 0.522 bits per heavy atom. The lowest BCUT2D eigenvalue weighted by Crippen LogP contribution is -2.14. The van der Waals surface area contributed by atoms with Crippen molar-refractivity contribution in [3.63, 3.8) is 0 Å². The highest BCUT2D eigenvalue weighted by Gasteiger charge is 2.35. The number of nitrogens with two attached hydrogens (primary N) is 1. The molecule has 0 radical (unpaired) electrons. The van der Waals surface area contributed by atoms with E-state index in [9.17, 15) is 0 Å². The van der Waals surface area contributed by atoms with Gasteiger partial charge in [-0.05, 0) is 106 Å². The van der Waals surface area contributed by atoms with Crippen LogP contribution in [0.2, 0.25) is 0 Å². The standard InChI is InChI=1S/C61H46N4.C2H6P2/c1-61(2)53-23-11-6-18-47(53)48-34-33-43(38-54(48)61)41-31-28-40(29-32-41)30-35-55(63-60(62)42-16-4-3-5-17-42)44-36-45(64-56-24-12-7-19-49(56)50-20-8-13-25-57(50)64)39-46(37-44)65-58-26-14-9-21-51(58)52-22-10-15-27-59(52)65;3-4-1-2-4/h3-29,31-39H,30H2,1-2H3,(H2,62,63);1-3H2/b55-35-;. The summed E-state index contributed by atoms with van der Waals surface area (Å²) in [5.41, 5.74) is 25.3. The lowest BCUT2D eigenvalue weighted by atomic mass is 9.81. The number of nitrogens with zero attached hydrogens (tertiary/aromatic N) is 3. The van der Waals surface area contributed by atoms with Gasteiger partial charge in [0.2, 0.25) is 0 Å². The average molecular weight is 927 g/mol. The Balaban J connectivity index is 0.00000117. The number of allylic oxidation sites excluding steroid dienone is 1. The molecule has 4 nitrogen and oxygen atoms in total. The Bertz CT molecular complexity index is 3580. The van der Waals surface area contributed by atoms with Gasteiger partial charge in [-0.3, -0.25) is 0 Å². The summed E-state index contributed by atoms with van der Waals surface area (Å²) in [7, 11) is 3.38. The van der Waals surface area contributed by atoms with Gasteiger partial charge in [0.15, 0.2) is 0 Å². The van der Waals surface area contributed by atoms with Gasteiger partial charge in [0, 0.05) is 49.5 Å². The van der Waals surface area contributed by atoms with Gasteiger partial charge in [-0.25, -0.2) is 4.99 Å². The summed E-state index contributed by atoms with van der Waals surface area (Å²) in [4.78, 5) is 5.29. The highest BCUT2D eigenvalue weighted by Crippen LogP contribution is 2.57. The number of fused-ring (bicyclic) bond motifs is 9. The van der Waals surface area contributed by atoms with Crippen LogP contribution in [0, 0.1) is 0 Å². The Morgan fingerprint density at radius 3 is 1.52 bits per heavy atom. The number of benzene rings is 9. The van der Waals surface area contributed by atoms with E-state index in [-0.39, 0.29) is 5.41 Å². The van der Waals surface area contributed by atoms with Crippen LogP contribution in [0.3, 0.4) is 0 Å². The molecule has 11 aromatic rings. The van der Waals surface area contributed by atoms with Gasteiger partial charge in [0.05, 0.1) is 27.8 Å². The van der Waals surface area contributed by atoms with E-state index in [4.69, 9.17) is 10.7 Å². The molecule has 2 aromatic heterocycles. The Labute approximate surface area is 407 Å². The minimum Gasteiger partial charge on any atom is -0.383 e. The number of aromatic nitrogens is 2. The van der Waals surface area contributed by atoms with Gasteiger partial charge in [-0.2, -0.15) is 0 Å². The van der Waals surface area contributed by atoms with Crippen molar-refractivity contribution in [2.45, 2.75) is 25.7 Å². The summed E-state index contributed by atoms with van der Waals surface area (Å²) in [6.07, 6.45) is 5.93. The zero-order valence-corrected chi connectivity index (χ0v) is 40.9. The highest BCUT2D eigenvalue weighted by atomic mass is 32.0. The Hall–Kier alpha value is -7.35. The van der Waals surface area contributed by atoms with Crippen LogP contribution >= 0.6 is 16.5 Å². The van der Waals surface area contributed by atoms with E-state index in [1.165, 1.54) is 72.8 Å². The topological polar surface area (TPSA) is 48.2 Å². The number of rotatable bonds is 8. The van der Waals surface area contributed by atoms with Crippen molar-refractivity contribution in [2.75, 3.05) is 12.3 Å². The smallest absolute Gasteiger partial charge is 0.131 e. The molecule has 6 heteroatoms. The van der Waals surface area contributed by atoms with Crippen molar-refractivity contribution in [3.05, 3.63) is 246 Å². The number of para-hydroxylation sites is 4. The van der Waals surface area contributed by atoms with Gasteiger partial charge >= 0.3 is 0 Å². The monoisotopic (exact) mass is 926 g/mol. The van der Waals surface area contributed by atoms with Crippen molar-refractivity contribution in [1.82, 2.24) is 9.13 Å². The van der Waals surface area contributed by atoms with Gasteiger partial charge in [0.25, 0.3) is 0 Å². The molecule has 3 heterocycles. The molecule has 0 saturated carbocycles. The fraction of sp³-hybridized carbons (Fsp3) is 0.0952. The van der Waals surface area contributed by atoms with Crippen molar-refractivity contribution < 1.29 is 0 Å². The minimum atomic E-state index is -0.0501. The predicted molar refractivity (Wildman–Crippen MR) is 300 cm³/mol. The van der Waals surface area contributed by atoms with E-state index in [2.05, 4.69) is 220 Å². The third kappa shape index (κ3) is 7.89. The number of hydrogen-bond donors (Lipinski definition) is 1. The summed E-state index contributed by atoms with van der Waals surface area (Å²) in [6, 6.07) is 76.5. The molecular weight excluding hydrogens is 875 g/mol. The molecule has 0 spiro atoms. The molecule has 2 aliphatic rings. The zero-order valence-electron chi connectivity index (χ0n) is 38.8. The van der Waals surface area contributed by atoms with E-state index in [1.807, 2.05) is 30.3 Å². The molecule has 1 aliphatic heterocycles. The highest BCUT2D eigenvalue weighted by molar-refractivity contribution is 8.17. The van der Waals surface area contributed by atoms with E-state index in [1.54, 1.807) is 0 Å². The fourth-order valence-corrected chi connectivity index (χ4v) is 11.9. The maximum absolute atomic E-state index is 6.93. The van der Waals surface area contributed by atoms with Crippen LogP contribution in [0.5, 0.6) is 0 Å². The van der Waals surface area contributed by atoms with Crippen molar-refractivity contribution >= 4 is 71.7 Å². The van der Waals surface area contributed by atoms with Crippen molar-refractivity contribution in [3.8, 4) is 33.6 Å². The normalized spacial score (nSPS) is 14.2. The largest absolute Gasteiger partial charge is 0.383 e. The molecule has 69 heavy (non-hydrogen) atoms. The van der Waals surface area contributed by atoms with E-state index in [0.717, 1.165) is 50.3 Å². The molecular formula is C63H52N4P2. The zero-order chi connectivity index (χ0) is 46.6. The average Bonchev–Trinajstić information content (AvgIpc) is 3.93. The molecule has 13 rings (SSSR count). The lowest BCUT2D eigenvalue weighted by Gasteiger charge is -2.22. The third-order valence-electron chi connectivity index (χ3n) is 14.1. The maximum atomic E-state index is 6.93. The molecule has 1 aliphatic carbocycles. The first-order valence-electron chi connectivity index (χ1n) is 23.9. The van der Waals surface area contributed by atoms with Crippen LogP contribution in [-0.2, 0) is 11.8 Å². The second-order valence-corrected chi connectivity index (χ2v) is 23.1.